The Morgan fingerprint density at radius 1 is 1.31 bits per heavy atom. The summed E-state index contributed by atoms with van der Waals surface area (Å²) in [7, 11) is 0. The van der Waals surface area contributed by atoms with E-state index in [1.165, 1.54) is 0 Å². The predicted molar refractivity (Wildman–Crippen MR) is 62.8 cm³/mol. The van der Waals surface area contributed by atoms with Crippen LogP contribution in [-0.4, -0.2) is 19.7 Å². The van der Waals surface area contributed by atoms with Gasteiger partial charge in [-0.15, -0.1) is 0 Å². The van der Waals surface area contributed by atoms with E-state index in [0.717, 1.165) is 41.3 Å². The van der Waals surface area contributed by atoms with Crippen molar-refractivity contribution < 1.29 is 9.15 Å². The van der Waals surface area contributed by atoms with Crippen molar-refractivity contribution in [2.75, 3.05) is 19.7 Å². The highest BCUT2D eigenvalue weighted by atomic mass is 35.5. The number of ether oxygens (including phenoxy) is 1. The fourth-order valence-corrected chi connectivity index (χ4v) is 2.40. The van der Waals surface area contributed by atoms with Crippen LogP contribution in [0.4, 0.5) is 0 Å². The molecule has 84 valence electrons. The van der Waals surface area contributed by atoms with Gasteiger partial charge in [0.2, 0.25) is 0 Å². The van der Waals surface area contributed by atoms with Gasteiger partial charge in [-0.05, 0) is 18.2 Å². The summed E-state index contributed by atoms with van der Waals surface area (Å²) in [5.41, 5.74) is 1.88. The first-order valence-electron chi connectivity index (χ1n) is 5.34. The lowest BCUT2D eigenvalue weighted by atomic mass is 10.0. The lowest BCUT2D eigenvalue weighted by Crippen LogP contribution is -2.33. The first kappa shape index (κ1) is 10.1. The number of hydrogen-bond acceptors (Lipinski definition) is 3. The number of rotatable bonds is 1. The summed E-state index contributed by atoms with van der Waals surface area (Å²) in [5, 5.41) is 5.08. The van der Waals surface area contributed by atoms with Crippen LogP contribution in [0.3, 0.4) is 0 Å². The van der Waals surface area contributed by atoms with Crippen LogP contribution >= 0.6 is 11.6 Å². The summed E-state index contributed by atoms with van der Waals surface area (Å²) in [6, 6.07) is 5.69. The standard InChI is InChI=1S/C12H12ClNO2/c13-9-1-2-10-8(3-5-15-10)12(9)11-7-14-4-6-16-11/h1-3,5,11,14H,4,6-7H2. The maximum Gasteiger partial charge on any atom is 0.134 e. The predicted octanol–water partition coefficient (Wildman–Crippen LogP) is 2.75. The molecule has 1 N–H and O–H groups in total. The van der Waals surface area contributed by atoms with E-state index >= 15 is 0 Å². The minimum absolute atomic E-state index is 0.0162. The van der Waals surface area contributed by atoms with Gasteiger partial charge in [-0.25, -0.2) is 0 Å². The van der Waals surface area contributed by atoms with Crippen molar-refractivity contribution >= 4 is 22.6 Å². The third-order valence-corrected chi connectivity index (χ3v) is 3.20. The topological polar surface area (TPSA) is 34.4 Å². The number of hydrogen-bond donors (Lipinski definition) is 1. The Hall–Kier alpha value is -1.03. The smallest absolute Gasteiger partial charge is 0.134 e. The molecule has 16 heavy (non-hydrogen) atoms. The molecule has 0 radical (unpaired) electrons. The number of furan rings is 1. The minimum Gasteiger partial charge on any atom is -0.464 e. The van der Waals surface area contributed by atoms with Gasteiger partial charge < -0.3 is 14.5 Å². The van der Waals surface area contributed by atoms with E-state index < -0.39 is 0 Å². The van der Waals surface area contributed by atoms with Crippen molar-refractivity contribution in [2.24, 2.45) is 0 Å². The second kappa shape index (κ2) is 4.09. The summed E-state index contributed by atoms with van der Waals surface area (Å²) >= 11 is 6.24. The summed E-state index contributed by atoms with van der Waals surface area (Å²) < 4.78 is 11.1. The summed E-state index contributed by atoms with van der Waals surface area (Å²) in [6.45, 7) is 2.41. The van der Waals surface area contributed by atoms with E-state index in [4.69, 9.17) is 20.8 Å². The quantitative estimate of drug-likeness (QED) is 0.828. The molecular weight excluding hydrogens is 226 g/mol. The fraction of sp³-hybridized carbons (Fsp3) is 0.333. The Bertz CT molecular complexity index is 503. The molecule has 1 aromatic carbocycles. The molecule has 1 fully saturated rings. The largest absolute Gasteiger partial charge is 0.464 e. The van der Waals surface area contributed by atoms with Crippen molar-refractivity contribution in [1.29, 1.82) is 0 Å². The molecule has 0 spiro atoms. The Labute approximate surface area is 98.3 Å². The fourth-order valence-electron chi connectivity index (χ4n) is 2.12. The van der Waals surface area contributed by atoms with Crippen LogP contribution in [0.5, 0.6) is 0 Å². The van der Waals surface area contributed by atoms with E-state index in [2.05, 4.69) is 5.32 Å². The molecule has 0 bridgehead atoms. The van der Waals surface area contributed by atoms with Crippen LogP contribution in [0.15, 0.2) is 28.9 Å². The molecule has 4 heteroatoms. The Morgan fingerprint density at radius 3 is 3.06 bits per heavy atom. The highest BCUT2D eigenvalue weighted by Crippen LogP contribution is 2.34. The van der Waals surface area contributed by atoms with Gasteiger partial charge in [0.1, 0.15) is 5.58 Å². The SMILES string of the molecule is Clc1ccc2occc2c1C1CNCCO1. The average Bonchev–Trinajstić information content (AvgIpc) is 2.78. The van der Waals surface area contributed by atoms with Gasteiger partial charge in [-0.3, -0.25) is 0 Å². The molecule has 1 aliphatic rings. The zero-order valence-electron chi connectivity index (χ0n) is 8.70. The summed E-state index contributed by atoms with van der Waals surface area (Å²) in [4.78, 5) is 0. The van der Waals surface area contributed by atoms with Crippen LogP contribution < -0.4 is 5.32 Å². The van der Waals surface area contributed by atoms with Crippen molar-refractivity contribution in [3.8, 4) is 0 Å². The molecule has 0 saturated carbocycles. The Balaban J connectivity index is 2.12. The highest BCUT2D eigenvalue weighted by molar-refractivity contribution is 6.32. The Morgan fingerprint density at radius 2 is 2.25 bits per heavy atom. The lowest BCUT2D eigenvalue weighted by Gasteiger charge is -2.25. The molecule has 3 nitrogen and oxygen atoms in total. The molecule has 1 atom stereocenters. The molecule has 1 unspecified atom stereocenters. The van der Waals surface area contributed by atoms with E-state index in [1.807, 2.05) is 18.2 Å². The molecule has 3 rings (SSSR count). The van der Waals surface area contributed by atoms with E-state index in [0.29, 0.717) is 0 Å². The summed E-state index contributed by atoms with van der Waals surface area (Å²) in [6.07, 6.45) is 1.70. The molecule has 1 aliphatic heterocycles. The Kier molecular flexibility index (Phi) is 2.59. The molecule has 2 heterocycles. The zero-order valence-corrected chi connectivity index (χ0v) is 9.46. The molecule has 1 saturated heterocycles. The molecule has 2 aromatic rings. The van der Waals surface area contributed by atoms with Gasteiger partial charge >= 0.3 is 0 Å². The van der Waals surface area contributed by atoms with Crippen LogP contribution in [-0.2, 0) is 4.74 Å². The van der Waals surface area contributed by atoms with Gasteiger partial charge in [-0.2, -0.15) is 0 Å². The molecule has 0 aliphatic carbocycles. The van der Waals surface area contributed by atoms with Crippen LogP contribution in [0.2, 0.25) is 5.02 Å². The van der Waals surface area contributed by atoms with E-state index in [9.17, 15) is 0 Å². The monoisotopic (exact) mass is 237 g/mol. The number of morpholine rings is 1. The van der Waals surface area contributed by atoms with Crippen LogP contribution in [0, 0.1) is 0 Å². The van der Waals surface area contributed by atoms with Gasteiger partial charge in [-0.1, -0.05) is 11.6 Å². The normalized spacial score (nSPS) is 21.4. The van der Waals surface area contributed by atoms with Gasteiger partial charge in [0.05, 0.1) is 19.0 Å². The van der Waals surface area contributed by atoms with E-state index in [1.54, 1.807) is 6.26 Å². The van der Waals surface area contributed by atoms with Crippen LogP contribution in [0.25, 0.3) is 11.0 Å². The van der Waals surface area contributed by atoms with Gasteiger partial charge in [0, 0.05) is 29.1 Å². The number of halogens is 1. The molecule has 0 amide bonds. The summed E-state index contributed by atoms with van der Waals surface area (Å²) in [5.74, 6) is 0. The number of nitrogens with one attached hydrogen (secondary N) is 1. The highest BCUT2D eigenvalue weighted by Gasteiger charge is 2.21. The zero-order chi connectivity index (χ0) is 11.0. The van der Waals surface area contributed by atoms with Crippen molar-refractivity contribution in [2.45, 2.75) is 6.10 Å². The van der Waals surface area contributed by atoms with Crippen molar-refractivity contribution in [1.82, 2.24) is 5.32 Å². The lowest BCUT2D eigenvalue weighted by molar-refractivity contribution is 0.0286. The van der Waals surface area contributed by atoms with Gasteiger partial charge in [0.25, 0.3) is 0 Å². The third kappa shape index (κ3) is 1.61. The maximum absolute atomic E-state index is 6.24. The number of benzene rings is 1. The van der Waals surface area contributed by atoms with Crippen molar-refractivity contribution in [3.05, 3.63) is 35.0 Å². The average molecular weight is 238 g/mol. The third-order valence-electron chi connectivity index (χ3n) is 2.87. The molecule has 1 aromatic heterocycles. The van der Waals surface area contributed by atoms with E-state index in [-0.39, 0.29) is 6.10 Å². The second-order valence-corrected chi connectivity index (χ2v) is 4.26. The van der Waals surface area contributed by atoms with Gasteiger partial charge in [0.15, 0.2) is 0 Å². The van der Waals surface area contributed by atoms with Crippen molar-refractivity contribution in [3.63, 3.8) is 0 Å². The number of fused-ring (bicyclic) bond motifs is 1. The first-order valence-corrected chi connectivity index (χ1v) is 5.72. The second-order valence-electron chi connectivity index (χ2n) is 3.86. The molecular formula is C12H12ClNO2. The van der Waals surface area contributed by atoms with Crippen LogP contribution in [0.1, 0.15) is 11.7 Å². The first-order chi connectivity index (χ1) is 7.86. The maximum atomic E-state index is 6.24. The minimum atomic E-state index is 0.0162.